The van der Waals surface area contributed by atoms with E-state index in [2.05, 4.69) is 16.9 Å². The number of hydrogen-bond acceptors (Lipinski definition) is 6. The van der Waals surface area contributed by atoms with Crippen molar-refractivity contribution in [2.45, 2.75) is 18.7 Å². The molecule has 3 aromatic carbocycles. The number of benzene rings is 3. The highest BCUT2D eigenvalue weighted by atomic mass is 32.2. The first-order valence-electron chi connectivity index (χ1n) is 9.37. The molecular weight excluding hydrogens is 412 g/mol. The normalized spacial score (nSPS) is 11.8. The summed E-state index contributed by atoms with van der Waals surface area (Å²) in [7, 11) is -3.91. The number of oxime groups is 2. The molecule has 160 valence electrons. The van der Waals surface area contributed by atoms with E-state index in [4.69, 9.17) is 9.49 Å². The standard InChI is InChI=1S/C16H15NO3S.C8H9NO/c1-3-14-9-11-16(12-10-14)21(18,19)20-17-13(2)15-7-5-4-6-8-15;1-7(9-10)8-5-3-2-4-6-8/h3-12H,1H2,2H3;2-6,10H,1H3/b17-13+;9-7+. The van der Waals surface area contributed by atoms with Gasteiger partial charge >= 0.3 is 10.1 Å². The average molecular weight is 437 g/mol. The summed E-state index contributed by atoms with van der Waals surface area (Å²) in [4.78, 5) is 0.0534. The highest BCUT2D eigenvalue weighted by molar-refractivity contribution is 7.86. The molecule has 0 aliphatic rings. The van der Waals surface area contributed by atoms with Gasteiger partial charge in [0, 0.05) is 0 Å². The minimum absolute atomic E-state index is 0.0534. The van der Waals surface area contributed by atoms with E-state index >= 15 is 0 Å². The van der Waals surface area contributed by atoms with Gasteiger partial charge in [0.1, 0.15) is 4.90 Å². The van der Waals surface area contributed by atoms with Gasteiger partial charge < -0.3 is 5.21 Å². The molecule has 0 radical (unpaired) electrons. The Balaban J connectivity index is 0.000000285. The molecule has 0 bridgehead atoms. The number of rotatable bonds is 6. The van der Waals surface area contributed by atoms with Gasteiger partial charge in [-0.2, -0.15) is 8.42 Å². The summed E-state index contributed by atoms with van der Waals surface area (Å²) in [5.74, 6) is 0. The summed E-state index contributed by atoms with van der Waals surface area (Å²) >= 11 is 0. The topological polar surface area (TPSA) is 88.3 Å². The van der Waals surface area contributed by atoms with Gasteiger partial charge in [-0.25, -0.2) is 0 Å². The highest BCUT2D eigenvalue weighted by Crippen LogP contribution is 2.15. The number of hydrogen-bond donors (Lipinski definition) is 1. The Kier molecular flexibility index (Phi) is 8.72. The first kappa shape index (κ1) is 23.6. The van der Waals surface area contributed by atoms with E-state index in [9.17, 15) is 8.42 Å². The molecular formula is C24H24N2O4S. The van der Waals surface area contributed by atoms with Crippen molar-refractivity contribution in [1.82, 2.24) is 0 Å². The van der Waals surface area contributed by atoms with Crippen LogP contribution in [0.4, 0.5) is 0 Å². The minimum Gasteiger partial charge on any atom is -0.411 e. The SMILES string of the molecule is C/C(=N\O)c1ccccc1.C=Cc1ccc(S(=O)(=O)O/N=C(\C)c2ccccc2)cc1. The molecule has 0 saturated heterocycles. The molecule has 0 aliphatic carbocycles. The predicted molar refractivity (Wildman–Crippen MR) is 124 cm³/mol. The summed E-state index contributed by atoms with van der Waals surface area (Å²) in [5.41, 5.74) is 3.71. The fourth-order valence-electron chi connectivity index (χ4n) is 2.39. The van der Waals surface area contributed by atoms with Crippen LogP contribution in [0.3, 0.4) is 0 Å². The molecule has 31 heavy (non-hydrogen) atoms. The molecule has 3 rings (SSSR count). The largest absolute Gasteiger partial charge is 0.411 e. The maximum atomic E-state index is 12.0. The lowest BCUT2D eigenvalue weighted by molar-refractivity contribution is 0.319. The molecule has 3 aromatic rings. The lowest BCUT2D eigenvalue weighted by Crippen LogP contribution is -2.05. The van der Waals surface area contributed by atoms with E-state index in [0.29, 0.717) is 11.4 Å². The van der Waals surface area contributed by atoms with Gasteiger partial charge in [0.2, 0.25) is 0 Å². The number of nitrogens with zero attached hydrogens (tertiary/aromatic N) is 2. The van der Waals surface area contributed by atoms with Crippen molar-refractivity contribution in [2.75, 3.05) is 0 Å². The Bertz CT molecular complexity index is 1140. The third-order valence-corrected chi connectivity index (χ3v) is 5.33. The first-order chi connectivity index (χ1) is 14.9. The second-order valence-corrected chi connectivity index (χ2v) is 7.92. The van der Waals surface area contributed by atoms with E-state index in [-0.39, 0.29) is 4.90 Å². The van der Waals surface area contributed by atoms with Gasteiger partial charge in [0.05, 0.1) is 11.4 Å². The van der Waals surface area contributed by atoms with Crippen molar-refractivity contribution < 1.29 is 17.9 Å². The van der Waals surface area contributed by atoms with E-state index in [1.807, 2.05) is 60.7 Å². The van der Waals surface area contributed by atoms with Crippen LogP contribution in [0.5, 0.6) is 0 Å². The summed E-state index contributed by atoms with van der Waals surface area (Å²) < 4.78 is 28.8. The second-order valence-electron chi connectivity index (χ2n) is 6.40. The zero-order valence-corrected chi connectivity index (χ0v) is 18.2. The summed E-state index contributed by atoms with van der Waals surface area (Å²) in [6.07, 6.45) is 1.63. The molecule has 1 N–H and O–H groups in total. The van der Waals surface area contributed by atoms with Crippen molar-refractivity contribution in [3.63, 3.8) is 0 Å². The van der Waals surface area contributed by atoms with Gasteiger partial charge in [0.25, 0.3) is 0 Å². The van der Waals surface area contributed by atoms with Crippen LogP contribution in [0.1, 0.15) is 30.5 Å². The Morgan fingerprint density at radius 1 is 0.839 bits per heavy atom. The Morgan fingerprint density at radius 2 is 1.32 bits per heavy atom. The lowest BCUT2D eigenvalue weighted by Gasteiger charge is -2.04. The van der Waals surface area contributed by atoms with E-state index in [0.717, 1.165) is 16.7 Å². The summed E-state index contributed by atoms with van der Waals surface area (Å²) in [6.45, 7) is 7.06. The van der Waals surface area contributed by atoms with Crippen molar-refractivity contribution in [1.29, 1.82) is 0 Å². The molecule has 7 heteroatoms. The Morgan fingerprint density at radius 3 is 1.77 bits per heavy atom. The van der Waals surface area contributed by atoms with Crippen LogP contribution in [0.15, 0.2) is 107 Å². The maximum Gasteiger partial charge on any atom is 0.358 e. The fourth-order valence-corrected chi connectivity index (χ4v) is 3.15. The van der Waals surface area contributed by atoms with Gasteiger partial charge in [-0.1, -0.05) is 95.8 Å². The van der Waals surface area contributed by atoms with Gasteiger partial charge in [0.15, 0.2) is 0 Å². The van der Waals surface area contributed by atoms with E-state index in [1.165, 1.54) is 12.1 Å². The lowest BCUT2D eigenvalue weighted by atomic mass is 10.1. The summed E-state index contributed by atoms with van der Waals surface area (Å²) in [5, 5.41) is 15.1. The minimum atomic E-state index is -3.91. The predicted octanol–water partition coefficient (Wildman–Crippen LogP) is 5.34. The fraction of sp³-hybridized carbons (Fsp3) is 0.0833. The van der Waals surface area contributed by atoms with Crippen LogP contribution < -0.4 is 0 Å². The third-order valence-electron chi connectivity index (χ3n) is 4.21. The maximum absolute atomic E-state index is 12.0. The molecule has 0 spiro atoms. The molecule has 0 aromatic heterocycles. The van der Waals surface area contributed by atoms with Gasteiger partial charge in [-0.3, -0.25) is 4.28 Å². The van der Waals surface area contributed by atoms with Crippen molar-refractivity contribution in [2.24, 2.45) is 10.3 Å². The molecule has 0 aliphatic heterocycles. The molecule has 6 nitrogen and oxygen atoms in total. The van der Waals surface area contributed by atoms with Gasteiger partial charge in [-0.15, -0.1) is 0 Å². The zero-order chi connectivity index (χ0) is 22.7. The average Bonchev–Trinajstić information content (AvgIpc) is 2.83. The van der Waals surface area contributed by atoms with E-state index in [1.54, 1.807) is 32.1 Å². The van der Waals surface area contributed by atoms with Crippen LogP contribution in [0.2, 0.25) is 0 Å². The van der Waals surface area contributed by atoms with Crippen LogP contribution >= 0.6 is 0 Å². The summed E-state index contributed by atoms with van der Waals surface area (Å²) in [6, 6.07) is 25.0. The van der Waals surface area contributed by atoms with Crippen molar-refractivity contribution in [3.05, 3.63) is 108 Å². The molecule has 0 amide bonds. The monoisotopic (exact) mass is 436 g/mol. The van der Waals surface area contributed by atoms with Crippen molar-refractivity contribution >= 4 is 27.6 Å². The molecule has 0 heterocycles. The quantitative estimate of drug-likeness (QED) is 0.321. The molecule has 0 fully saturated rings. The first-order valence-corrected chi connectivity index (χ1v) is 10.8. The Hall–Kier alpha value is -3.71. The Labute approximate surface area is 182 Å². The third kappa shape index (κ3) is 7.24. The van der Waals surface area contributed by atoms with Crippen LogP contribution in [-0.2, 0) is 14.4 Å². The van der Waals surface area contributed by atoms with Crippen molar-refractivity contribution in [3.8, 4) is 0 Å². The smallest absolute Gasteiger partial charge is 0.358 e. The van der Waals surface area contributed by atoms with Crippen LogP contribution in [0, 0.1) is 0 Å². The van der Waals surface area contributed by atoms with Crippen LogP contribution in [0.25, 0.3) is 6.08 Å². The van der Waals surface area contributed by atoms with Crippen LogP contribution in [-0.4, -0.2) is 25.0 Å². The molecule has 0 unspecified atom stereocenters. The second kappa shape index (κ2) is 11.5. The van der Waals surface area contributed by atoms with Gasteiger partial charge in [-0.05, 0) is 42.7 Å². The zero-order valence-electron chi connectivity index (χ0n) is 17.3. The highest BCUT2D eigenvalue weighted by Gasteiger charge is 2.15. The molecule has 0 saturated carbocycles. The molecule has 0 atom stereocenters. The van der Waals surface area contributed by atoms with E-state index < -0.39 is 10.1 Å².